The Morgan fingerprint density at radius 3 is 2.27 bits per heavy atom. The van der Waals surface area contributed by atoms with E-state index in [1.807, 2.05) is 45.0 Å². The third-order valence-electron chi connectivity index (χ3n) is 5.42. The zero-order valence-electron chi connectivity index (χ0n) is 19.7. The Bertz CT molecular complexity index is 1070. The summed E-state index contributed by atoms with van der Waals surface area (Å²) in [6.07, 6.45) is 1.68. The molecule has 0 saturated carbocycles. The van der Waals surface area contributed by atoms with Crippen LogP contribution in [0.3, 0.4) is 0 Å². The summed E-state index contributed by atoms with van der Waals surface area (Å²) in [5.74, 6) is -1.52. The number of amides is 2. The van der Waals surface area contributed by atoms with Crippen LogP contribution < -0.4 is 9.62 Å². The van der Waals surface area contributed by atoms with Gasteiger partial charge in [0.2, 0.25) is 21.8 Å². The summed E-state index contributed by atoms with van der Waals surface area (Å²) in [6, 6.07) is 11.6. The second-order valence-electron chi connectivity index (χ2n) is 8.25. The molecule has 0 aromatic heterocycles. The number of nitrogens with one attached hydrogen (secondary N) is 1. The predicted molar refractivity (Wildman–Crippen MR) is 128 cm³/mol. The highest BCUT2D eigenvalue weighted by molar-refractivity contribution is 7.92. The first-order chi connectivity index (χ1) is 15.4. The number of hydrogen-bond donors (Lipinski definition) is 1. The molecule has 2 rings (SSSR count). The number of carbonyl (C=O) groups excluding carboxylic acids is 2. The molecule has 180 valence electrons. The minimum Gasteiger partial charge on any atom is -0.352 e. The largest absolute Gasteiger partial charge is 0.352 e. The van der Waals surface area contributed by atoms with Gasteiger partial charge in [-0.1, -0.05) is 42.8 Å². The fourth-order valence-corrected chi connectivity index (χ4v) is 4.02. The number of anilines is 1. The lowest BCUT2D eigenvalue weighted by Gasteiger charge is -2.32. The molecule has 2 aromatic carbocycles. The van der Waals surface area contributed by atoms with Gasteiger partial charge in [-0.15, -0.1) is 0 Å². The Morgan fingerprint density at radius 1 is 1.09 bits per heavy atom. The van der Waals surface area contributed by atoms with Crippen molar-refractivity contribution >= 4 is 27.5 Å². The quantitative estimate of drug-likeness (QED) is 0.569. The van der Waals surface area contributed by atoms with Gasteiger partial charge in [0.15, 0.2) is 0 Å². The molecule has 0 fully saturated rings. The Labute approximate surface area is 195 Å². The molecule has 7 nitrogen and oxygen atoms in total. The number of sulfonamides is 1. The summed E-state index contributed by atoms with van der Waals surface area (Å²) >= 11 is 0. The van der Waals surface area contributed by atoms with Crippen molar-refractivity contribution in [1.29, 1.82) is 0 Å². The Morgan fingerprint density at radius 2 is 1.73 bits per heavy atom. The van der Waals surface area contributed by atoms with Crippen LogP contribution in [0.25, 0.3) is 0 Å². The molecule has 0 heterocycles. The van der Waals surface area contributed by atoms with E-state index in [1.165, 1.54) is 23.1 Å². The van der Waals surface area contributed by atoms with Gasteiger partial charge in [-0.05, 0) is 51.0 Å². The maximum atomic E-state index is 13.8. The van der Waals surface area contributed by atoms with E-state index in [1.54, 1.807) is 6.92 Å². The minimum absolute atomic E-state index is 0.0397. The van der Waals surface area contributed by atoms with Gasteiger partial charge in [0.25, 0.3) is 0 Å². The van der Waals surface area contributed by atoms with E-state index >= 15 is 0 Å². The van der Waals surface area contributed by atoms with Crippen LogP contribution in [-0.2, 0) is 26.2 Å². The number of halogens is 1. The van der Waals surface area contributed by atoms with E-state index in [9.17, 15) is 22.4 Å². The van der Waals surface area contributed by atoms with Crippen molar-refractivity contribution in [1.82, 2.24) is 10.2 Å². The fourth-order valence-electron chi connectivity index (χ4n) is 3.18. The van der Waals surface area contributed by atoms with Crippen LogP contribution in [-0.4, -0.2) is 50.0 Å². The monoisotopic (exact) mass is 477 g/mol. The molecular weight excluding hydrogens is 445 g/mol. The topological polar surface area (TPSA) is 86.8 Å². The van der Waals surface area contributed by atoms with Crippen LogP contribution in [0.2, 0.25) is 0 Å². The Kier molecular flexibility index (Phi) is 8.99. The molecule has 0 aliphatic rings. The van der Waals surface area contributed by atoms with Crippen molar-refractivity contribution in [2.45, 2.75) is 52.7 Å². The maximum Gasteiger partial charge on any atom is 0.244 e. The van der Waals surface area contributed by atoms with Crippen LogP contribution in [0.15, 0.2) is 48.5 Å². The molecule has 2 atom stereocenters. The molecule has 0 radical (unpaired) electrons. The number of nitrogens with zero attached hydrogens (tertiary/aromatic N) is 2. The number of carbonyl (C=O) groups is 2. The van der Waals surface area contributed by atoms with Crippen LogP contribution in [0.4, 0.5) is 10.1 Å². The summed E-state index contributed by atoms with van der Waals surface area (Å²) in [5.41, 5.74) is 1.89. The minimum atomic E-state index is -3.89. The SMILES string of the molecule is CC[C@@H](C)NC(=O)[C@@H](C)N(Cc1ccc(C)cc1)C(=O)CN(c1cccc(F)c1)S(C)(=O)=O. The van der Waals surface area contributed by atoms with Crippen molar-refractivity contribution < 1.29 is 22.4 Å². The predicted octanol–water partition coefficient (Wildman–Crippen LogP) is 3.23. The molecule has 33 heavy (non-hydrogen) atoms. The third kappa shape index (κ3) is 7.56. The van der Waals surface area contributed by atoms with Crippen molar-refractivity contribution in [3.05, 3.63) is 65.5 Å². The van der Waals surface area contributed by atoms with E-state index in [0.29, 0.717) is 0 Å². The molecule has 0 spiro atoms. The lowest BCUT2D eigenvalue weighted by molar-refractivity contribution is -0.139. The van der Waals surface area contributed by atoms with Crippen LogP contribution in [0, 0.1) is 12.7 Å². The first kappa shape index (κ1) is 26.3. The van der Waals surface area contributed by atoms with E-state index in [4.69, 9.17) is 0 Å². The van der Waals surface area contributed by atoms with E-state index in [2.05, 4.69) is 5.32 Å². The summed E-state index contributed by atoms with van der Waals surface area (Å²) in [7, 11) is -3.89. The molecular formula is C24H32FN3O4S. The van der Waals surface area contributed by atoms with Gasteiger partial charge in [0, 0.05) is 12.6 Å². The molecule has 0 aliphatic heterocycles. The molecule has 9 heteroatoms. The highest BCUT2D eigenvalue weighted by Gasteiger charge is 2.30. The highest BCUT2D eigenvalue weighted by Crippen LogP contribution is 2.20. The fraction of sp³-hybridized carbons (Fsp3) is 0.417. The Balaban J connectivity index is 2.37. The van der Waals surface area contributed by atoms with Crippen LogP contribution in [0.1, 0.15) is 38.3 Å². The maximum absolute atomic E-state index is 13.8. The third-order valence-corrected chi connectivity index (χ3v) is 6.56. The first-order valence-corrected chi connectivity index (χ1v) is 12.7. The number of benzene rings is 2. The van der Waals surface area contributed by atoms with Gasteiger partial charge in [0.05, 0.1) is 11.9 Å². The molecule has 1 N–H and O–H groups in total. The van der Waals surface area contributed by atoms with Crippen LogP contribution >= 0.6 is 0 Å². The molecule has 0 bridgehead atoms. The summed E-state index contributed by atoms with van der Waals surface area (Å²) in [6.45, 7) is 6.92. The van der Waals surface area contributed by atoms with Crippen LogP contribution in [0.5, 0.6) is 0 Å². The molecule has 0 saturated heterocycles. The molecule has 0 unspecified atom stereocenters. The zero-order chi connectivity index (χ0) is 24.8. The van der Waals surface area contributed by atoms with Gasteiger partial charge in [-0.3, -0.25) is 13.9 Å². The molecule has 2 amide bonds. The Hall–Kier alpha value is -2.94. The second-order valence-corrected chi connectivity index (χ2v) is 10.2. The first-order valence-electron chi connectivity index (χ1n) is 10.8. The average molecular weight is 478 g/mol. The highest BCUT2D eigenvalue weighted by atomic mass is 32.2. The van der Waals surface area contributed by atoms with Gasteiger partial charge in [0.1, 0.15) is 18.4 Å². The second kappa shape index (κ2) is 11.3. The van der Waals surface area contributed by atoms with Gasteiger partial charge >= 0.3 is 0 Å². The number of aryl methyl sites for hydroxylation is 1. The lowest BCUT2D eigenvalue weighted by atomic mass is 10.1. The summed E-state index contributed by atoms with van der Waals surface area (Å²) in [4.78, 5) is 27.5. The van der Waals surface area contributed by atoms with Crippen molar-refractivity contribution in [2.75, 3.05) is 17.1 Å². The standard InChI is InChI=1S/C24H32FN3O4S/c1-6-18(3)26-24(30)19(4)27(15-20-12-10-17(2)11-13-20)23(29)16-28(33(5,31)32)22-9-7-8-21(25)14-22/h7-14,18-19H,6,15-16H2,1-5H3,(H,26,30)/t18-,19-/m1/s1. The molecule has 0 aliphatic carbocycles. The van der Waals surface area contributed by atoms with E-state index < -0.39 is 34.3 Å². The summed E-state index contributed by atoms with van der Waals surface area (Å²) < 4.78 is 39.5. The number of rotatable bonds is 10. The molecule has 2 aromatic rings. The van der Waals surface area contributed by atoms with Gasteiger partial charge < -0.3 is 10.2 Å². The van der Waals surface area contributed by atoms with Crippen molar-refractivity contribution in [3.8, 4) is 0 Å². The van der Waals surface area contributed by atoms with Crippen molar-refractivity contribution in [2.24, 2.45) is 0 Å². The smallest absolute Gasteiger partial charge is 0.244 e. The normalized spacial score (nSPS) is 13.2. The van der Waals surface area contributed by atoms with Gasteiger partial charge in [-0.2, -0.15) is 0 Å². The zero-order valence-corrected chi connectivity index (χ0v) is 20.5. The average Bonchev–Trinajstić information content (AvgIpc) is 2.75. The lowest BCUT2D eigenvalue weighted by Crippen LogP contribution is -2.52. The van der Waals surface area contributed by atoms with E-state index in [-0.39, 0.29) is 24.2 Å². The van der Waals surface area contributed by atoms with Crippen molar-refractivity contribution in [3.63, 3.8) is 0 Å². The number of hydrogen-bond acceptors (Lipinski definition) is 4. The van der Waals surface area contributed by atoms with Gasteiger partial charge in [-0.25, -0.2) is 12.8 Å². The summed E-state index contributed by atoms with van der Waals surface area (Å²) in [5, 5.41) is 2.87. The van der Waals surface area contributed by atoms with E-state index in [0.717, 1.165) is 34.2 Å².